The van der Waals surface area contributed by atoms with E-state index in [0.717, 1.165) is 16.1 Å². The molecular weight excluding hydrogens is 182 g/mol. The first kappa shape index (κ1) is 9.99. The number of hydrogen-bond donors (Lipinski definition) is 1. The van der Waals surface area contributed by atoms with Crippen LogP contribution in [0.2, 0.25) is 0 Å². The van der Waals surface area contributed by atoms with E-state index >= 15 is 0 Å². The standard InChI is InChI=1S/C10H13NOS/c1-4-5-9(12)11-10-7(2)6-13-8(10)3/h4-6H,1-3H3,(H,11,12)/b5-4+. The minimum absolute atomic E-state index is 0.0629. The Kier molecular flexibility index (Phi) is 3.25. The van der Waals surface area contributed by atoms with Gasteiger partial charge in [-0.1, -0.05) is 6.08 Å². The van der Waals surface area contributed by atoms with E-state index in [0.29, 0.717) is 0 Å². The molecule has 0 radical (unpaired) electrons. The number of thiophene rings is 1. The number of amides is 1. The van der Waals surface area contributed by atoms with Gasteiger partial charge in [0.05, 0.1) is 5.69 Å². The van der Waals surface area contributed by atoms with Crippen LogP contribution in [0.5, 0.6) is 0 Å². The van der Waals surface area contributed by atoms with Crippen molar-refractivity contribution < 1.29 is 4.79 Å². The van der Waals surface area contributed by atoms with E-state index in [2.05, 4.69) is 5.32 Å². The first-order valence-electron chi connectivity index (χ1n) is 4.13. The Morgan fingerprint density at radius 2 is 2.23 bits per heavy atom. The zero-order valence-corrected chi connectivity index (χ0v) is 8.87. The summed E-state index contributed by atoms with van der Waals surface area (Å²) in [5, 5.41) is 4.89. The van der Waals surface area contributed by atoms with Crippen LogP contribution < -0.4 is 5.32 Å². The van der Waals surface area contributed by atoms with Crippen LogP contribution in [0.4, 0.5) is 5.69 Å². The van der Waals surface area contributed by atoms with Gasteiger partial charge in [0.1, 0.15) is 0 Å². The summed E-state index contributed by atoms with van der Waals surface area (Å²) in [7, 11) is 0. The highest BCUT2D eigenvalue weighted by atomic mass is 32.1. The number of nitrogens with one attached hydrogen (secondary N) is 1. The molecular formula is C10H13NOS. The predicted octanol–water partition coefficient (Wildman–Crippen LogP) is 2.88. The summed E-state index contributed by atoms with van der Waals surface area (Å²) in [4.78, 5) is 12.4. The number of rotatable bonds is 2. The van der Waals surface area contributed by atoms with Gasteiger partial charge in [-0.05, 0) is 37.8 Å². The summed E-state index contributed by atoms with van der Waals surface area (Å²) < 4.78 is 0. The lowest BCUT2D eigenvalue weighted by molar-refractivity contribution is -0.111. The number of carbonyl (C=O) groups is 1. The predicted molar refractivity (Wildman–Crippen MR) is 57.2 cm³/mol. The third kappa shape index (κ3) is 2.42. The topological polar surface area (TPSA) is 29.1 Å². The van der Waals surface area contributed by atoms with Crippen LogP contribution in [0, 0.1) is 13.8 Å². The summed E-state index contributed by atoms with van der Waals surface area (Å²) in [6.07, 6.45) is 3.25. The summed E-state index contributed by atoms with van der Waals surface area (Å²) in [6.45, 7) is 5.82. The van der Waals surface area contributed by atoms with Crippen molar-refractivity contribution in [3.8, 4) is 0 Å². The van der Waals surface area contributed by atoms with Crippen LogP contribution in [0.25, 0.3) is 0 Å². The molecule has 0 unspecified atom stereocenters. The summed E-state index contributed by atoms with van der Waals surface area (Å²) in [5.74, 6) is -0.0629. The van der Waals surface area contributed by atoms with Crippen molar-refractivity contribution in [1.82, 2.24) is 0 Å². The van der Waals surface area contributed by atoms with Crippen molar-refractivity contribution in [3.05, 3.63) is 28.0 Å². The largest absolute Gasteiger partial charge is 0.321 e. The Morgan fingerprint density at radius 3 is 2.69 bits per heavy atom. The zero-order chi connectivity index (χ0) is 9.84. The summed E-state index contributed by atoms with van der Waals surface area (Å²) in [6, 6.07) is 0. The molecule has 0 aliphatic carbocycles. The van der Waals surface area contributed by atoms with Crippen LogP contribution in [0.3, 0.4) is 0 Å². The van der Waals surface area contributed by atoms with Crippen LogP contribution in [0.15, 0.2) is 17.5 Å². The average molecular weight is 195 g/mol. The molecule has 70 valence electrons. The highest BCUT2D eigenvalue weighted by Gasteiger charge is 2.06. The van der Waals surface area contributed by atoms with E-state index in [-0.39, 0.29) is 5.91 Å². The second-order valence-electron chi connectivity index (χ2n) is 2.84. The van der Waals surface area contributed by atoms with Crippen molar-refractivity contribution in [2.24, 2.45) is 0 Å². The van der Waals surface area contributed by atoms with Gasteiger partial charge in [0.25, 0.3) is 0 Å². The van der Waals surface area contributed by atoms with Crippen LogP contribution >= 0.6 is 11.3 Å². The van der Waals surface area contributed by atoms with Gasteiger partial charge in [-0.2, -0.15) is 0 Å². The van der Waals surface area contributed by atoms with Crippen LogP contribution in [-0.2, 0) is 4.79 Å². The lowest BCUT2D eigenvalue weighted by atomic mass is 10.3. The van der Waals surface area contributed by atoms with E-state index in [1.54, 1.807) is 17.4 Å². The molecule has 0 spiro atoms. The first-order chi connectivity index (χ1) is 6.15. The lowest BCUT2D eigenvalue weighted by Gasteiger charge is -2.02. The molecule has 2 nitrogen and oxygen atoms in total. The number of hydrogen-bond acceptors (Lipinski definition) is 2. The number of allylic oxidation sites excluding steroid dienone is 1. The molecule has 13 heavy (non-hydrogen) atoms. The molecule has 0 saturated heterocycles. The molecule has 1 N–H and O–H groups in total. The normalized spacial score (nSPS) is 10.7. The van der Waals surface area contributed by atoms with E-state index in [9.17, 15) is 4.79 Å². The van der Waals surface area contributed by atoms with Crippen molar-refractivity contribution in [1.29, 1.82) is 0 Å². The Balaban J connectivity index is 2.79. The second-order valence-corrected chi connectivity index (χ2v) is 3.92. The van der Waals surface area contributed by atoms with Gasteiger partial charge in [0.15, 0.2) is 0 Å². The molecule has 0 saturated carbocycles. The number of anilines is 1. The maximum atomic E-state index is 11.2. The van der Waals surface area contributed by atoms with E-state index < -0.39 is 0 Å². The molecule has 1 rings (SSSR count). The SMILES string of the molecule is C/C=C/C(=O)Nc1c(C)csc1C. The molecule has 0 aliphatic heterocycles. The maximum absolute atomic E-state index is 11.2. The molecule has 0 fully saturated rings. The molecule has 0 atom stereocenters. The van der Waals surface area contributed by atoms with Gasteiger partial charge in [0, 0.05) is 4.88 Å². The molecule has 1 amide bonds. The smallest absolute Gasteiger partial charge is 0.248 e. The monoisotopic (exact) mass is 195 g/mol. The number of carbonyl (C=O) groups excluding carboxylic acids is 1. The highest BCUT2D eigenvalue weighted by molar-refractivity contribution is 7.10. The van der Waals surface area contributed by atoms with Crippen molar-refractivity contribution in [2.45, 2.75) is 20.8 Å². The lowest BCUT2D eigenvalue weighted by Crippen LogP contribution is -2.08. The van der Waals surface area contributed by atoms with Crippen molar-refractivity contribution in [2.75, 3.05) is 5.32 Å². The Bertz CT molecular complexity index is 319. The minimum atomic E-state index is -0.0629. The summed E-state index contributed by atoms with van der Waals surface area (Å²) in [5.41, 5.74) is 2.08. The Labute approximate surface area is 82.3 Å². The molecule has 1 aromatic rings. The highest BCUT2D eigenvalue weighted by Crippen LogP contribution is 2.26. The van der Waals surface area contributed by atoms with Gasteiger partial charge >= 0.3 is 0 Å². The Hall–Kier alpha value is -1.09. The van der Waals surface area contributed by atoms with Crippen molar-refractivity contribution in [3.63, 3.8) is 0 Å². The Morgan fingerprint density at radius 1 is 1.54 bits per heavy atom. The second kappa shape index (κ2) is 4.23. The fourth-order valence-electron chi connectivity index (χ4n) is 1.08. The fraction of sp³-hybridized carbons (Fsp3) is 0.300. The van der Waals surface area contributed by atoms with Crippen LogP contribution in [-0.4, -0.2) is 5.91 Å². The molecule has 1 aromatic heterocycles. The molecule has 3 heteroatoms. The van der Waals surface area contributed by atoms with Gasteiger partial charge < -0.3 is 5.32 Å². The third-order valence-corrected chi connectivity index (χ3v) is 2.75. The third-order valence-electron chi connectivity index (χ3n) is 1.73. The van der Waals surface area contributed by atoms with E-state index in [1.165, 1.54) is 6.08 Å². The average Bonchev–Trinajstić information content (AvgIpc) is 2.36. The van der Waals surface area contributed by atoms with Crippen LogP contribution in [0.1, 0.15) is 17.4 Å². The van der Waals surface area contributed by atoms with Gasteiger partial charge in [-0.25, -0.2) is 0 Å². The van der Waals surface area contributed by atoms with Crippen molar-refractivity contribution >= 4 is 22.9 Å². The molecule has 1 heterocycles. The quantitative estimate of drug-likeness (QED) is 0.722. The molecule has 0 bridgehead atoms. The maximum Gasteiger partial charge on any atom is 0.248 e. The molecule has 0 aromatic carbocycles. The first-order valence-corrected chi connectivity index (χ1v) is 5.01. The number of aryl methyl sites for hydroxylation is 2. The fourth-order valence-corrected chi connectivity index (χ4v) is 1.88. The van der Waals surface area contributed by atoms with Gasteiger partial charge in [-0.3, -0.25) is 4.79 Å². The van der Waals surface area contributed by atoms with E-state index in [4.69, 9.17) is 0 Å². The van der Waals surface area contributed by atoms with Gasteiger partial charge in [0.2, 0.25) is 5.91 Å². The van der Waals surface area contributed by atoms with Gasteiger partial charge in [-0.15, -0.1) is 11.3 Å². The minimum Gasteiger partial charge on any atom is -0.321 e. The molecule has 0 aliphatic rings. The zero-order valence-electron chi connectivity index (χ0n) is 8.05. The summed E-state index contributed by atoms with van der Waals surface area (Å²) >= 11 is 1.65. The van der Waals surface area contributed by atoms with E-state index in [1.807, 2.05) is 26.2 Å².